The third-order valence-electron chi connectivity index (χ3n) is 5.32. The Labute approximate surface area is 185 Å². The summed E-state index contributed by atoms with van der Waals surface area (Å²) in [6.07, 6.45) is 8.93. The fraction of sp³-hybridized carbons (Fsp3) is 0.346. The summed E-state index contributed by atoms with van der Waals surface area (Å²) in [5, 5.41) is 2.93. The Balaban J connectivity index is 1.48. The lowest BCUT2D eigenvalue weighted by Crippen LogP contribution is -2.29. The Morgan fingerprint density at radius 2 is 1.81 bits per heavy atom. The zero-order valence-corrected chi connectivity index (χ0v) is 18.3. The number of methoxy groups -OCH3 is 1. The summed E-state index contributed by atoms with van der Waals surface area (Å²) in [5.74, 6) is 1.13. The van der Waals surface area contributed by atoms with Crippen LogP contribution in [0.25, 0.3) is 6.08 Å². The molecule has 0 spiro atoms. The van der Waals surface area contributed by atoms with Crippen LogP contribution in [0.3, 0.4) is 0 Å². The highest BCUT2D eigenvalue weighted by atomic mass is 16.5. The molecule has 1 aliphatic rings. The number of rotatable bonds is 10. The van der Waals surface area contributed by atoms with Gasteiger partial charge in [0.1, 0.15) is 6.61 Å². The molecule has 1 saturated heterocycles. The third-order valence-corrected chi connectivity index (χ3v) is 5.32. The summed E-state index contributed by atoms with van der Waals surface area (Å²) in [6, 6.07) is 14.1. The van der Waals surface area contributed by atoms with E-state index in [2.05, 4.69) is 41.1 Å². The summed E-state index contributed by atoms with van der Waals surface area (Å²) >= 11 is 0. The van der Waals surface area contributed by atoms with Crippen molar-refractivity contribution in [2.24, 2.45) is 0 Å². The Bertz CT molecular complexity index is 884. The molecule has 0 aromatic heterocycles. The molecule has 2 aromatic rings. The predicted molar refractivity (Wildman–Crippen MR) is 125 cm³/mol. The topological polar surface area (TPSA) is 50.8 Å². The Kier molecular flexibility index (Phi) is 8.73. The number of carbonyl (C=O) groups is 1. The van der Waals surface area contributed by atoms with Gasteiger partial charge >= 0.3 is 0 Å². The lowest BCUT2D eigenvalue weighted by molar-refractivity contribution is -0.116. The number of benzene rings is 2. The van der Waals surface area contributed by atoms with Crippen LogP contribution in [0.2, 0.25) is 0 Å². The standard InChI is InChI=1S/C26H32N2O3/c1-3-17-31-24-13-11-21(18-25(24)30-2)12-14-26(29)27-19-22-7-9-23(10-8-22)20-28-15-5-4-6-16-28/h3,7-14,18H,1,4-6,15-17,19-20H2,2H3,(H,27,29)/b14-12+. The molecule has 0 bridgehead atoms. The highest BCUT2D eigenvalue weighted by Crippen LogP contribution is 2.28. The minimum Gasteiger partial charge on any atom is -0.493 e. The average Bonchev–Trinajstić information content (AvgIpc) is 2.81. The number of likely N-dealkylation sites (tertiary alicyclic amines) is 1. The lowest BCUT2D eigenvalue weighted by Gasteiger charge is -2.26. The van der Waals surface area contributed by atoms with Gasteiger partial charge in [-0.1, -0.05) is 49.4 Å². The largest absolute Gasteiger partial charge is 0.493 e. The summed E-state index contributed by atoms with van der Waals surface area (Å²) in [7, 11) is 1.59. The molecule has 0 radical (unpaired) electrons. The van der Waals surface area contributed by atoms with Crippen LogP contribution in [-0.4, -0.2) is 37.6 Å². The molecule has 0 unspecified atom stereocenters. The van der Waals surface area contributed by atoms with Crippen molar-refractivity contribution in [3.63, 3.8) is 0 Å². The van der Waals surface area contributed by atoms with Crippen molar-refractivity contribution in [3.8, 4) is 11.5 Å². The Hall–Kier alpha value is -3.05. The van der Waals surface area contributed by atoms with Gasteiger partial charge in [0.25, 0.3) is 0 Å². The minimum atomic E-state index is -0.136. The molecular formula is C26H32N2O3. The third kappa shape index (κ3) is 7.30. The molecular weight excluding hydrogens is 388 g/mol. The number of amides is 1. The van der Waals surface area contributed by atoms with Crippen molar-refractivity contribution in [1.82, 2.24) is 10.2 Å². The highest BCUT2D eigenvalue weighted by Gasteiger charge is 2.10. The van der Waals surface area contributed by atoms with Gasteiger partial charge in [-0.2, -0.15) is 0 Å². The second-order valence-electron chi connectivity index (χ2n) is 7.71. The molecule has 5 nitrogen and oxygen atoms in total. The van der Waals surface area contributed by atoms with E-state index < -0.39 is 0 Å². The van der Waals surface area contributed by atoms with E-state index in [0.717, 1.165) is 17.7 Å². The monoisotopic (exact) mass is 420 g/mol. The SMILES string of the molecule is C=CCOc1ccc(/C=C/C(=O)NCc2ccc(CN3CCCCC3)cc2)cc1OC. The molecule has 0 atom stereocenters. The number of nitrogens with zero attached hydrogens (tertiary/aromatic N) is 1. The van der Waals surface area contributed by atoms with Crippen LogP contribution >= 0.6 is 0 Å². The summed E-state index contributed by atoms with van der Waals surface area (Å²) in [5.41, 5.74) is 3.28. The number of ether oxygens (including phenoxy) is 2. The first-order chi connectivity index (χ1) is 15.2. The first-order valence-corrected chi connectivity index (χ1v) is 10.9. The highest BCUT2D eigenvalue weighted by molar-refractivity contribution is 5.91. The van der Waals surface area contributed by atoms with Gasteiger partial charge in [0.05, 0.1) is 7.11 Å². The van der Waals surface area contributed by atoms with Crippen molar-refractivity contribution in [1.29, 1.82) is 0 Å². The van der Waals surface area contributed by atoms with E-state index in [4.69, 9.17) is 9.47 Å². The normalized spacial score (nSPS) is 14.4. The molecule has 3 rings (SSSR count). The van der Waals surface area contributed by atoms with E-state index >= 15 is 0 Å². The van der Waals surface area contributed by atoms with Gasteiger partial charge in [0.2, 0.25) is 5.91 Å². The van der Waals surface area contributed by atoms with Gasteiger partial charge in [0.15, 0.2) is 11.5 Å². The first-order valence-electron chi connectivity index (χ1n) is 10.9. The minimum absolute atomic E-state index is 0.136. The molecule has 5 heteroatoms. The molecule has 1 amide bonds. The molecule has 1 heterocycles. The van der Waals surface area contributed by atoms with Gasteiger partial charge in [-0.15, -0.1) is 0 Å². The van der Waals surface area contributed by atoms with E-state index in [1.54, 1.807) is 19.3 Å². The van der Waals surface area contributed by atoms with E-state index in [1.807, 2.05) is 18.2 Å². The Morgan fingerprint density at radius 3 is 2.52 bits per heavy atom. The molecule has 2 aromatic carbocycles. The number of nitrogens with one attached hydrogen (secondary N) is 1. The predicted octanol–water partition coefficient (Wildman–Crippen LogP) is 4.58. The summed E-state index contributed by atoms with van der Waals surface area (Å²) in [4.78, 5) is 14.7. The van der Waals surface area contributed by atoms with Crippen LogP contribution in [-0.2, 0) is 17.9 Å². The molecule has 1 aliphatic heterocycles. The Morgan fingerprint density at radius 1 is 1.06 bits per heavy atom. The van der Waals surface area contributed by atoms with Gasteiger partial charge in [-0.25, -0.2) is 0 Å². The van der Waals surface area contributed by atoms with E-state index in [0.29, 0.717) is 24.7 Å². The zero-order chi connectivity index (χ0) is 21.9. The molecule has 164 valence electrons. The number of hydrogen-bond acceptors (Lipinski definition) is 4. The molecule has 1 fully saturated rings. The van der Waals surface area contributed by atoms with Crippen molar-refractivity contribution >= 4 is 12.0 Å². The summed E-state index contributed by atoms with van der Waals surface area (Å²) in [6.45, 7) is 7.96. The van der Waals surface area contributed by atoms with Crippen LogP contribution in [0.15, 0.2) is 61.2 Å². The second kappa shape index (κ2) is 12.0. The fourth-order valence-corrected chi connectivity index (χ4v) is 3.61. The van der Waals surface area contributed by atoms with Gasteiger partial charge < -0.3 is 14.8 Å². The maximum atomic E-state index is 12.2. The number of hydrogen-bond donors (Lipinski definition) is 1. The van der Waals surface area contributed by atoms with Crippen molar-refractivity contribution in [2.75, 3.05) is 26.8 Å². The van der Waals surface area contributed by atoms with Crippen LogP contribution in [0, 0.1) is 0 Å². The molecule has 0 saturated carbocycles. The van der Waals surface area contributed by atoms with Crippen molar-refractivity contribution < 1.29 is 14.3 Å². The number of piperidine rings is 1. The summed E-state index contributed by atoms with van der Waals surface area (Å²) < 4.78 is 10.9. The van der Waals surface area contributed by atoms with E-state index in [9.17, 15) is 4.79 Å². The molecule has 31 heavy (non-hydrogen) atoms. The lowest BCUT2D eigenvalue weighted by atomic mass is 10.1. The zero-order valence-electron chi connectivity index (χ0n) is 18.3. The fourth-order valence-electron chi connectivity index (χ4n) is 3.61. The van der Waals surface area contributed by atoms with Crippen LogP contribution in [0.1, 0.15) is 36.0 Å². The van der Waals surface area contributed by atoms with E-state index in [1.165, 1.54) is 44.0 Å². The van der Waals surface area contributed by atoms with Gasteiger partial charge in [0, 0.05) is 19.2 Å². The smallest absolute Gasteiger partial charge is 0.244 e. The molecule has 0 aliphatic carbocycles. The van der Waals surface area contributed by atoms with Crippen LogP contribution in [0.4, 0.5) is 0 Å². The molecule has 1 N–H and O–H groups in total. The number of carbonyl (C=O) groups excluding carboxylic acids is 1. The van der Waals surface area contributed by atoms with Crippen LogP contribution in [0.5, 0.6) is 11.5 Å². The maximum absolute atomic E-state index is 12.2. The van der Waals surface area contributed by atoms with Gasteiger partial charge in [-0.05, 0) is 60.8 Å². The first kappa shape index (κ1) is 22.6. The van der Waals surface area contributed by atoms with Crippen molar-refractivity contribution in [2.45, 2.75) is 32.4 Å². The average molecular weight is 421 g/mol. The van der Waals surface area contributed by atoms with Gasteiger partial charge in [-0.3, -0.25) is 9.69 Å². The van der Waals surface area contributed by atoms with E-state index in [-0.39, 0.29) is 5.91 Å². The van der Waals surface area contributed by atoms with Crippen molar-refractivity contribution in [3.05, 3.63) is 77.9 Å². The van der Waals surface area contributed by atoms with Crippen LogP contribution < -0.4 is 14.8 Å². The maximum Gasteiger partial charge on any atom is 0.244 e. The second-order valence-corrected chi connectivity index (χ2v) is 7.71. The quantitative estimate of drug-likeness (QED) is 0.452.